The van der Waals surface area contributed by atoms with Crippen LogP contribution in [-0.2, 0) is 12.5 Å². The molecule has 9 aromatic rings. The highest BCUT2D eigenvalue weighted by atomic mass is 15.1. The van der Waals surface area contributed by atoms with E-state index in [2.05, 4.69) is 175 Å². The molecule has 0 bridgehead atoms. The highest BCUT2D eigenvalue weighted by Gasteiger charge is 2.53. The van der Waals surface area contributed by atoms with Crippen molar-refractivity contribution in [1.29, 1.82) is 0 Å². The number of benzene rings is 8. The minimum Gasteiger partial charge on any atom is -0.327 e. The van der Waals surface area contributed by atoms with Gasteiger partial charge in [-0.1, -0.05) is 146 Å². The second kappa shape index (κ2) is 9.65. The molecule has 0 atom stereocenters. The molecule has 2 aliphatic rings. The molecule has 0 saturated heterocycles. The number of aryl methyl sites for hydroxylation is 1. The van der Waals surface area contributed by atoms with Crippen molar-refractivity contribution >= 4 is 32.6 Å². The highest BCUT2D eigenvalue weighted by molar-refractivity contribution is 6.14. The maximum atomic E-state index is 4.98. The van der Waals surface area contributed by atoms with E-state index in [9.17, 15) is 0 Å². The van der Waals surface area contributed by atoms with Crippen LogP contribution in [0.15, 0.2) is 164 Å². The summed E-state index contributed by atoms with van der Waals surface area (Å²) in [6.45, 7) is 0. The van der Waals surface area contributed by atoms with E-state index in [1.165, 1.54) is 77.2 Å². The van der Waals surface area contributed by atoms with E-state index in [1.54, 1.807) is 0 Å². The molecule has 0 saturated carbocycles. The molecule has 0 fully saturated rings. The topological polar surface area (TPSA) is 17.8 Å². The Kier molecular flexibility index (Phi) is 5.28. The third kappa shape index (κ3) is 3.38. The van der Waals surface area contributed by atoms with Gasteiger partial charge in [0, 0.05) is 12.6 Å². The van der Waals surface area contributed by atoms with E-state index in [0.29, 0.717) is 0 Å². The fraction of sp³-hybridized carbons (Fsp3) is 0.0426. The Labute approximate surface area is 284 Å². The maximum Gasteiger partial charge on any atom is 0.140 e. The van der Waals surface area contributed by atoms with Crippen molar-refractivity contribution in [2.75, 3.05) is 0 Å². The van der Waals surface area contributed by atoms with Crippen LogP contribution >= 0.6 is 0 Å². The molecule has 2 aliphatic carbocycles. The second-order valence-corrected chi connectivity index (χ2v) is 13.5. The number of aromatic nitrogens is 2. The molecule has 0 radical (unpaired) electrons. The fourth-order valence-electron chi connectivity index (χ4n) is 9.22. The van der Waals surface area contributed by atoms with Gasteiger partial charge in [-0.3, -0.25) is 0 Å². The van der Waals surface area contributed by atoms with Gasteiger partial charge in [0.2, 0.25) is 0 Å². The van der Waals surface area contributed by atoms with Crippen LogP contribution in [0, 0.1) is 0 Å². The summed E-state index contributed by atoms with van der Waals surface area (Å²) in [5.74, 6) is 0.979. The fourth-order valence-corrected chi connectivity index (χ4v) is 9.22. The predicted molar refractivity (Wildman–Crippen MR) is 203 cm³/mol. The molecular formula is C47H30N2. The van der Waals surface area contributed by atoms with Crippen molar-refractivity contribution in [3.8, 4) is 44.8 Å². The SMILES string of the molecule is Cn1c(-c2ccc(-c3cc4c(c5ccccc35)-c3ccc5ccccc5c3C43c4ccccc4-c4ccccc43)cc2)nc2ccccc21. The Hall–Kier alpha value is -6.25. The molecule has 11 rings (SSSR count). The first-order valence-corrected chi connectivity index (χ1v) is 17.0. The first kappa shape index (κ1) is 26.8. The molecule has 0 aliphatic heterocycles. The van der Waals surface area contributed by atoms with E-state index in [1.807, 2.05) is 0 Å². The number of fused-ring (bicyclic) bond motifs is 15. The van der Waals surface area contributed by atoms with Crippen LogP contribution in [0.3, 0.4) is 0 Å². The standard InChI is InChI=1S/C47H30N2/c1-49-43-21-11-10-20-42(43)48-46(49)31-24-22-30(23-25-31)38-28-41-44(36-17-5-4-14-33(36)38)37-27-26-29-12-2-3-13-32(29)45(37)47(41)39-18-8-6-15-34(39)35-16-7-9-19-40(35)47/h2-28H,1H3. The van der Waals surface area contributed by atoms with E-state index in [0.717, 1.165) is 22.4 Å². The molecule has 0 unspecified atom stereocenters. The number of rotatable bonds is 2. The Morgan fingerprint density at radius 3 is 1.84 bits per heavy atom. The average molecular weight is 623 g/mol. The monoisotopic (exact) mass is 622 g/mol. The second-order valence-electron chi connectivity index (χ2n) is 13.5. The van der Waals surface area contributed by atoms with Gasteiger partial charge in [0.15, 0.2) is 0 Å². The van der Waals surface area contributed by atoms with Crippen molar-refractivity contribution in [3.05, 3.63) is 186 Å². The zero-order valence-corrected chi connectivity index (χ0v) is 27.0. The molecule has 228 valence electrons. The summed E-state index contributed by atoms with van der Waals surface area (Å²) in [4.78, 5) is 4.98. The Bertz CT molecular complexity index is 2790. The molecule has 49 heavy (non-hydrogen) atoms. The third-order valence-corrected chi connectivity index (χ3v) is 11.2. The van der Waals surface area contributed by atoms with E-state index in [4.69, 9.17) is 4.98 Å². The summed E-state index contributed by atoms with van der Waals surface area (Å²) in [5, 5.41) is 5.16. The quantitative estimate of drug-likeness (QED) is 0.188. The van der Waals surface area contributed by atoms with Crippen LogP contribution in [0.5, 0.6) is 0 Å². The zero-order chi connectivity index (χ0) is 32.3. The Morgan fingerprint density at radius 1 is 0.469 bits per heavy atom. The van der Waals surface area contributed by atoms with Gasteiger partial charge in [0.05, 0.1) is 16.4 Å². The summed E-state index contributed by atoms with van der Waals surface area (Å²) in [6.07, 6.45) is 0. The highest BCUT2D eigenvalue weighted by Crippen LogP contribution is 2.65. The average Bonchev–Trinajstić information content (AvgIpc) is 3.78. The molecule has 8 aromatic carbocycles. The van der Waals surface area contributed by atoms with Crippen LogP contribution in [0.1, 0.15) is 22.3 Å². The van der Waals surface area contributed by atoms with Crippen LogP contribution < -0.4 is 0 Å². The summed E-state index contributed by atoms with van der Waals surface area (Å²) in [7, 11) is 2.10. The van der Waals surface area contributed by atoms with E-state index in [-0.39, 0.29) is 0 Å². The number of hydrogen-bond acceptors (Lipinski definition) is 1. The summed E-state index contributed by atoms with van der Waals surface area (Å²) >= 11 is 0. The van der Waals surface area contributed by atoms with Crippen LogP contribution in [0.4, 0.5) is 0 Å². The normalized spacial score (nSPS) is 13.6. The lowest BCUT2D eigenvalue weighted by Crippen LogP contribution is -2.26. The molecule has 0 N–H and O–H groups in total. The molecule has 2 heteroatoms. The Morgan fingerprint density at radius 2 is 1.08 bits per heavy atom. The predicted octanol–water partition coefficient (Wildman–Crippen LogP) is 11.6. The molecule has 0 amide bonds. The van der Waals surface area contributed by atoms with Gasteiger partial charge in [-0.25, -0.2) is 4.98 Å². The smallest absolute Gasteiger partial charge is 0.140 e. The van der Waals surface area contributed by atoms with Gasteiger partial charge in [-0.05, 0) is 95.4 Å². The van der Waals surface area contributed by atoms with Gasteiger partial charge >= 0.3 is 0 Å². The van der Waals surface area contributed by atoms with Gasteiger partial charge in [0.1, 0.15) is 5.82 Å². The summed E-state index contributed by atoms with van der Waals surface area (Å²) in [5.41, 5.74) is 16.1. The minimum absolute atomic E-state index is 0.440. The largest absolute Gasteiger partial charge is 0.327 e. The number of nitrogens with zero attached hydrogens (tertiary/aromatic N) is 2. The van der Waals surface area contributed by atoms with E-state index >= 15 is 0 Å². The van der Waals surface area contributed by atoms with Crippen molar-refractivity contribution < 1.29 is 0 Å². The first-order chi connectivity index (χ1) is 24.2. The molecule has 1 spiro atoms. The number of para-hydroxylation sites is 2. The van der Waals surface area contributed by atoms with Crippen LogP contribution in [0.2, 0.25) is 0 Å². The van der Waals surface area contributed by atoms with Gasteiger partial charge in [-0.15, -0.1) is 0 Å². The van der Waals surface area contributed by atoms with Crippen molar-refractivity contribution in [1.82, 2.24) is 9.55 Å². The van der Waals surface area contributed by atoms with E-state index < -0.39 is 5.41 Å². The summed E-state index contributed by atoms with van der Waals surface area (Å²) < 4.78 is 2.19. The third-order valence-electron chi connectivity index (χ3n) is 11.2. The molecule has 2 nitrogen and oxygen atoms in total. The molecule has 1 heterocycles. The minimum atomic E-state index is -0.440. The Balaban J connectivity index is 1.23. The van der Waals surface area contributed by atoms with Crippen LogP contribution in [0.25, 0.3) is 77.3 Å². The molecular weight excluding hydrogens is 593 g/mol. The lowest BCUT2D eigenvalue weighted by molar-refractivity contribution is 0.802. The number of imidazole rings is 1. The molecule has 1 aromatic heterocycles. The van der Waals surface area contributed by atoms with Gasteiger partial charge in [-0.2, -0.15) is 0 Å². The lowest BCUT2D eigenvalue weighted by Gasteiger charge is -2.32. The summed E-state index contributed by atoms with van der Waals surface area (Å²) in [6, 6.07) is 60.7. The van der Waals surface area contributed by atoms with Crippen molar-refractivity contribution in [3.63, 3.8) is 0 Å². The lowest BCUT2D eigenvalue weighted by atomic mass is 9.69. The zero-order valence-electron chi connectivity index (χ0n) is 27.0. The van der Waals surface area contributed by atoms with Crippen LogP contribution in [-0.4, -0.2) is 9.55 Å². The van der Waals surface area contributed by atoms with Crippen molar-refractivity contribution in [2.45, 2.75) is 5.41 Å². The van der Waals surface area contributed by atoms with Crippen molar-refractivity contribution in [2.24, 2.45) is 7.05 Å². The number of hydrogen-bond donors (Lipinski definition) is 0. The van der Waals surface area contributed by atoms with Gasteiger partial charge in [0.25, 0.3) is 0 Å². The first-order valence-electron chi connectivity index (χ1n) is 17.0. The maximum absolute atomic E-state index is 4.98. The van der Waals surface area contributed by atoms with Gasteiger partial charge < -0.3 is 4.57 Å².